The zero-order valence-corrected chi connectivity index (χ0v) is 17.0. The number of Topliss-reactive ketones (excluding diaryl/α,β-unsaturated/α-hetero) is 1. The van der Waals surface area contributed by atoms with Crippen molar-refractivity contribution in [3.8, 4) is 0 Å². The average Bonchev–Trinajstić information content (AvgIpc) is 3.31. The maximum absolute atomic E-state index is 13.2. The first-order valence-corrected chi connectivity index (χ1v) is 9.97. The first-order chi connectivity index (χ1) is 14.5. The lowest BCUT2D eigenvalue weighted by molar-refractivity contribution is -0.130. The molecular formula is C25H23NO4. The quantitative estimate of drug-likeness (QED) is 0.595. The van der Waals surface area contributed by atoms with Gasteiger partial charge in [-0.25, -0.2) is 0 Å². The van der Waals surface area contributed by atoms with Crippen LogP contribution in [-0.4, -0.2) is 21.7 Å². The van der Waals surface area contributed by atoms with Crippen molar-refractivity contribution in [1.82, 2.24) is 4.90 Å². The molecule has 0 radical (unpaired) electrons. The summed E-state index contributed by atoms with van der Waals surface area (Å²) in [6, 6.07) is 19.9. The smallest absolute Gasteiger partial charge is 0.290 e. The number of carbonyl (C=O) groups excluding carboxylic acids is 2. The highest BCUT2D eigenvalue weighted by molar-refractivity contribution is 6.15. The van der Waals surface area contributed by atoms with Gasteiger partial charge in [0.1, 0.15) is 5.76 Å². The minimum absolute atomic E-state index is 0.0505. The maximum Gasteiger partial charge on any atom is 0.290 e. The van der Waals surface area contributed by atoms with E-state index in [0.29, 0.717) is 5.76 Å². The third-order valence-electron chi connectivity index (χ3n) is 5.41. The number of aliphatic hydroxyl groups is 1. The molecule has 1 aliphatic rings. The first-order valence-electron chi connectivity index (χ1n) is 9.97. The minimum Gasteiger partial charge on any atom is -0.503 e. The molecule has 5 nitrogen and oxygen atoms in total. The Labute approximate surface area is 175 Å². The van der Waals surface area contributed by atoms with Crippen molar-refractivity contribution >= 4 is 11.7 Å². The Hall–Kier alpha value is -3.60. The fourth-order valence-corrected chi connectivity index (χ4v) is 3.80. The molecule has 0 saturated heterocycles. The number of nitrogens with zero attached hydrogens (tertiary/aromatic N) is 1. The predicted octanol–water partition coefficient (Wildman–Crippen LogP) is 4.93. The third-order valence-corrected chi connectivity index (χ3v) is 5.41. The van der Waals surface area contributed by atoms with Crippen LogP contribution in [0.15, 0.2) is 82.5 Å². The highest BCUT2D eigenvalue weighted by Gasteiger charge is 2.44. The number of amides is 1. The Kier molecular flexibility index (Phi) is 5.27. The highest BCUT2D eigenvalue weighted by Crippen LogP contribution is 2.40. The van der Waals surface area contributed by atoms with E-state index in [1.165, 1.54) is 4.90 Å². The molecule has 2 heterocycles. The molecule has 3 aromatic rings. The monoisotopic (exact) mass is 401 g/mol. The molecule has 30 heavy (non-hydrogen) atoms. The standard InChI is InChI=1S/C25H23NO4/c1-3-17-10-12-19(13-11-17)22-21(23(27)20-14-9-16(2)30-20)24(28)25(29)26(22)15-18-7-5-4-6-8-18/h4-14,22,28H,3,15H2,1-2H3/t22-/m1/s1. The summed E-state index contributed by atoms with van der Waals surface area (Å²) in [5, 5.41) is 10.7. The van der Waals surface area contributed by atoms with Crippen molar-refractivity contribution in [2.75, 3.05) is 0 Å². The molecule has 2 aromatic carbocycles. The van der Waals surface area contributed by atoms with Crippen molar-refractivity contribution in [2.45, 2.75) is 32.9 Å². The zero-order valence-electron chi connectivity index (χ0n) is 17.0. The van der Waals surface area contributed by atoms with Crippen molar-refractivity contribution in [2.24, 2.45) is 0 Å². The van der Waals surface area contributed by atoms with Gasteiger partial charge in [0.25, 0.3) is 5.91 Å². The van der Waals surface area contributed by atoms with E-state index in [4.69, 9.17) is 4.42 Å². The fraction of sp³-hybridized carbons (Fsp3) is 0.200. The molecule has 5 heteroatoms. The molecule has 0 bridgehead atoms. The minimum atomic E-state index is -0.693. The largest absolute Gasteiger partial charge is 0.503 e. The number of hydrogen-bond acceptors (Lipinski definition) is 4. The van der Waals surface area contributed by atoms with E-state index >= 15 is 0 Å². The Bertz CT molecular complexity index is 1110. The van der Waals surface area contributed by atoms with E-state index in [1.807, 2.05) is 54.6 Å². The van der Waals surface area contributed by atoms with Crippen LogP contribution >= 0.6 is 0 Å². The van der Waals surface area contributed by atoms with Crippen LogP contribution < -0.4 is 0 Å². The topological polar surface area (TPSA) is 70.7 Å². The number of aliphatic hydroxyl groups excluding tert-OH is 1. The lowest BCUT2D eigenvalue weighted by Crippen LogP contribution is -2.30. The van der Waals surface area contributed by atoms with Crippen LogP contribution in [0.1, 0.15) is 46.0 Å². The molecule has 0 spiro atoms. The summed E-state index contributed by atoms with van der Waals surface area (Å²) in [7, 11) is 0. The summed E-state index contributed by atoms with van der Waals surface area (Å²) in [6.07, 6.45) is 0.885. The summed E-state index contributed by atoms with van der Waals surface area (Å²) in [6.45, 7) is 4.08. The van der Waals surface area contributed by atoms with Crippen molar-refractivity contribution in [3.63, 3.8) is 0 Å². The molecule has 4 rings (SSSR count). The van der Waals surface area contributed by atoms with E-state index in [1.54, 1.807) is 19.1 Å². The third kappa shape index (κ3) is 3.54. The van der Waals surface area contributed by atoms with Gasteiger partial charge in [-0.15, -0.1) is 0 Å². The van der Waals surface area contributed by atoms with Gasteiger partial charge in [-0.3, -0.25) is 9.59 Å². The first kappa shape index (κ1) is 19.7. The number of furan rings is 1. The number of rotatable bonds is 6. The SMILES string of the molecule is CCc1ccc([C@@H]2C(C(=O)c3ccc(C)o3)=C(O)C(=O)N2Cc2ccccc2)cc1. The van der Waals surface area contributed by atoms with Gasteiger partial charge in [0, 0.05) is 6.54 Å². The molecule has 1 amide bonds. The summed E-state index contributed by atoms with van der Waals surface area (Å²) in [4.78, 5) is 27.8. The lowest BCUT2D eigenvalue weighted by Gasteiger charge is -2.27. The van der Waals surface area contributed by atoms with E-state index in [9.17, 15) is 14.7 Å². The van der Waals surface area contributed by atoms with E-state index in [0.717, 1.165) is 23.1 Å². The molecule has 1 aromatic heterocycles. The molecule has 152 valence electrons. The molecule has 1 N–H and O–H groups in total. The van der Waals surface area contributed by atoms with Gasteiger partial charge in [-0.2, -0.15) is 0 Å². The second-order valence-electron chi connectivity index (χ2n) is 7.42. The number of ketones is 1. The summed E-state index contributed by atoms with van der Waals surface area (Å²) in [5.74, 6) is -0.856. The van der Waals surface area contributed by atoms with Crippen LogP contribution in [-0.2, 0) is 17.8 Å². The van der Waals surface area contributed by atoms with Gasteiger partial charge in [0.2, 0.25) is 5.78 Å². The Morgan fingerprint density at radius 2 is 1.70 bits per heavy atom. The average molecular weight is 401 g/mol. The van der Waals surface area contributed by atoms with Gasteiger partial charge in [0.05, 0.1) is 11.6 Å². The van der Waals surface area contributed by atoms with Gasteiger partial charge in [-0.05, 0) is 42.2 Å². The van der Waals surface area contributed by atoms with Gasteiger partial charge in [0.15, 0.2) is 11.5 Å². The molecule has 1 atom stereocenters. The number of benzene rings is 2. The fourth-order valence-electron chi connectivity index (χ4n) is 3.80. The van der Waals surface area contributed by atoms with Crippen molar-refractivity contribution < 1.29 is 19.1 Å². The molecular weight excluding hydrogens is 378 g/mol. The van der Waals surface area contributed by atoms with E-state index in [2.05, 4.69) is 6.92 Å². The second-order valence-corrected chi connectivity index (χ2v) is 7.42. The van der Waals surface area contributed by atoms with Crippen LogP contribution in [0.5, 0.6) is 0 Å². The van der Waals surface area contributed by atoms with Crippen molar-refractivity contribution in [1.29, 1.82) is 0 Å². The summed E-state index contributed by atoms with van der Waals surface area (Å²) < 4.78 is 5.49. The van der Waals surface area contributed by atoms with E-state index in [-0.39, 0.29) is 17.9 Å². The predicted molar refractivity (Wildman–Crippen MR) is 113 cm³/mol. The van der Waals surface area contributed by atoms with Crippen LogP contribution in [0.25, 0.3) is 0 Å². The highest BCUT2D eigenvalue weighted by atomic mass is 16.3. The molecule has 1 aliphatic heterocycles. The second kappa shape index (κ2) is 8.03. The van der Waals surface area contributed by atoms with Crippen LogP contribution in [0.3, 0.4) is 0 Å². The number of carbonyl (C=O) groups is 2. The molecule has 0 aliphatic carbocycles. The Balaban J connectivity index is 1.79. The number of hydrogen-bond donors (Lipinski definition) is 1. The molecule has 0 unspecified atom stereocenters. The van der Waals surface area contributed by atoms with Crippen LogP contribution in [0.4, 0.5) is 0 Å². The van der Waals surface area contributed by atoms with E-state index < -0.39 is 23.5 Å². The van der Waals surface area contributed by atoms with Crippen LogP contribution in [0, 0.1) is 6.92 Å². The summed E-state index contributed by atoms with van der Waals surface area (Å²) in [5.41, 5.74) is 2.89. The van der Waals surface area contributed by atoms with Crippen molar-refractivity contribution in [3.05, 3.63) is 106 Å². The summed E-state index contributed by atoms with van der Waals surface area (Å²) >= 11 is 0. The molecule has 0 fully saturated rings. The van der Waals surface area contributed by atoms with Crippen LogP contribution in [0.2, 0.25) is 0 Å². The maximum atomic E-state index is 13.2. The zero-order chi connectivity index (χ0) is 21.3. The normalized spacial score (nSPS) is 16.4. The van der Waals surface area contributed by atoms with Gasteiger partial charge in [-0.1, -0.05) is 61.5 Å². The van der Waals surface area contributed by atoms with Gasteiger partial charge >= 0.3 is 0 Å². The lowest BCUT2D eigenvalue weighted by atomic mass is 9.94. The molecule has 0 saturated carbocycles. The van der Waals surface area contributed by atoms with Gasteiger partial charge < -0.3 is 14.4 Å². The number of aryl methyl sites for hydroxylation is 2. The Morgan fingerprint density at radius 1 is 1.00 bits per heavy atom. The Morgan fingerprint density at radius 3 is 2.30 bits per heavy atom.